The van der Waals surface area contributed by atoms with E-state index in [-0.39, 0.29) is 5.91 Å². The molecule has 176 valence electrons. The standard InChI is InChI=1S/C24H26ClN7O2/c1-31-14-15-19(32-11-9-26-10-12-32)8-7-18(21(15)23(31)33)28-22-16(25)13-27-24(30-22)29-17-5-3-4-6-20(17)34-2/h3-8,13,26H,9-12,14H2,1-2H3,(H2,27,28,29,30). The third kappa shape index (κ3) is 4.20. The summed E-state index contributed by atoms with van der Waals surface area (Å²) in [6.45, 7) is 4.24. The molecule has 2 aromatic carbocycles. The molecule has 1 fully saturated rings. The highest BCUT2D eigenvalue weighted by Gasteiger charge is 2.32. The van der Waals surface area contributed by atoms with E-state index < -0.39 is 0 Å². The average Bonchev–Trinajstić information content (AvgIpc) is 3.16. The van der Waals surface area contributed by atoms with Crippen LogP contribution >= 0.6 is 11.6 Å². The molecule has 5 rings (SSSR count). The Morgan fingerprint density at radius 3 is 2.68 bits per heavy atom. The van der Waals surface area contributed by atoms with E-state index in [2.05, 4.69) is 36.9 Å². The summed E-state index contributed by atoms with van der Waals surface area (Å²) in [6.07, 6.45) is 1.53. The molecule has 2 aliphatic rings. The molecular formula is C24H26ClN7O2. The number of aromatic nitrogens is 2. The summed E-state index contributed by atoms with van der Waals surface area (Å²) in [6, 6.07) is 11.5. The lowest BCUT2D eigenvalue weighted by Crippen LogP contribution is -2.43. The Kier molecular flexibility index (Phi) is 6.12. The van der Waals surface area contributed by atoms with E-state index in [1.165, 1.54) is 6.20 Å². The number of ether oxygens (including phenoxy) is 1. The number of fused-ring (bicyclic) bond motifs is 1. The molecule has 9 nitrogen and oxygen atoms in total. The molecule has 1 aromatic heterocycles. The second kappa shape index (κ2) is 9.36. The summed E-state index contributed by atoms with van der Waals surface area (Å²) in [5.41, 5.74) is 4.19. The van der Waals surface area contributed by atoms with E-state index in [1.807, 2.05) is 37.4 Å². The third-order valence-electron chi connectivity index (χ3n) is 6.05. The van der Waals surface area contributed by atoms with Gasteiger partial charge in [-0.25, -0.2) is 4.98 Å². The predicted molar refractivity (Wildman–Crippen MR) is 134 cm³/mol. The van der Waals surface area contributed by atoms with Gasteiger partial charge in [-0.3, -0.25) is 4.79 Å². The van der Waals surface area contributed by atoms with Gasteiger partial charge in [0.25, 0.3) is 5.91 Å². The number of nitrogens with zero attached hydrogens (tertiary/aromatic N) is 4. The van der Waals surface area contributed by atoms with Gasteiger partial charge in [-0.2, -0.15) is 4.98 Å². The zero-order valence-electron chi connectivity index (χ0n) is 19.1. The van der Waals surface area contributed by atoms with Crippen molar-refractivity contribution < 1.29 is 9.53 Å². The number of benzene rings is 2. The first-order chi connectivity index (χ1) is 16.5. The van der Waals surface area contributed by atoms with Crippen molar-refractivity contribution in [1.29, 1.82) is 0 Å². The fraction of sp³-hybridized carbons (Fsp3) is 0.292. The lowest BCUT2D eigenvalue weighted by atomic mass is 10.0. The molecular weight excluding hydrogens is 454 g/mol. The van der Waals surface area contributed by atoms with Crippen LogP contribution in [0, 0.1) is 0 Å². The summed E-state index contributed by atoms with van der Waals surface area (Å²) in [5, 5.41) is 10.2. The van der Waals surface area contributed by atoms with Crippen molar-refractivity contribution in [2.24, 2.45) is 0 Å². The van der Waals surface area contributed by atoms with E-state index in [1.54, 1.807) is 12.0 Å². The number of methoxy groups -OCH3 is 1. The maximum Gasteiger partial charge on any atom is 0.256 e. The Hall–Kier alpha value is -3.56. The molecule has 3 aromatic rings. The highest BCUT2D eigenvalue weighted by Crippen LogP contribution is 2.38. The van der Waals surface area contributed by atoms with Gasteiger partial charge in [0, 0.05) is 51.0 Å². The van der Waals surface area contributed by atoms with Crippen molar-refractivity contribution in [1.82, 2.24) is 20.2 Å². The first-order valence-corrected chi connectivity index (χ1v) is 11.5. The lowest BCUT2D eigenvalue weighted by Gasteiger charge is -2.31. The number of nitrogens with one attached hydrogen (secondary N) is 3. The van der Waals surface area contributed by atoms with Crippen LogP contribution in [0.15, 0.2) is 42.6 Å². The zero-order chi connectivity index (χ0) is 23.7. The van der Waals surface area contributed by atoms with Gasteiger partial charge in [-0.05, 0) is 24.3 Å². The van der Waals surface area contributed by atoms with E-state index in [0.717, 1.165) is 43.1 Å². The first kappa shape index (κ1) is 22.2. The number of hydrogen-bond acceptors (Lipinski definition) is 8. The molecule has 0 unspecified atom stereocenters. The SMILES string of the molecule is COc1ccccc1Nc1ncc(Cl)c(Nc2ccc(N3CCNCC3)c3c2C(=O)N(C)C3)n1. The molecule has 2 aliphatic heterocycles. The van der Waals surface area contributed by atoms with Gasteiger partial charge >= 0.3 is 0 Å². The summed E-state index contributed by atoms with van der Waals surface area (Å²) < 4.78 is 5.39. The molecule has 0 aliphatic carbocycles. The monoisotopic (exact) mass is 479 g/mol. The number of amides is 1. The van der Waals surface area contributed by atoms with Gasteiger partial charge in [-0.15, -0.1) is 0 Å². The van der Waals surface area contributed by atoms with E-state index in [9.17, 15) is 4.79 Å². The largest absolute Gasteiger partial charge is 0.495 e. The molecule has 34 heavy (non-hydrogen) atoms. The fourth-order valence-corrected chi connectivity index (χ4v) is 4.50. The molecule has 0 radical (unpaired) electrons. The van der Waals surface area contributed by atoms with Crippen molar-refractivity contribution in [2.45, 2.75) is 6.54 Å². The van der Waals surface area contributed by atoms with Crippen molar-refractivity contribution in [3.63, 3.8) is 0 Å². The lowest BCUT2D eigenvalue weighted by molar-refractivity contribution is 0.0817. The first-order valence-electron chi connectivity index (χ1n) is 11.1. The van der Waals surface area contributed by atoms with Crippen LogP contribution in [-0.4, -0.2) is 61.1 Å². The van der Waals surface area contributed by atoms with Crippen LogP contribution in [0.3, 0.4) is 0 Å². The van der Waals surface area contributed by atoms with Gasteiger partial charge in [0.2, 0.25) is 5.95 Å². The highest BCUT2D eigenvalue weighted by molar-refractivity contribution is 6.33. The molecule has 10 heteroatoms. The van der Waals surface area contributed by atoms with Crippen molar-refractivity contribution in [3.8, 4) is 5.75 Å². The number of carbonyl (C=O) groups is 1. The van der Waals surface area contributed by atoms with Gasteiger partial charge in [0.05, 0.1) is 30.2 Å². The van der Waals surface area contributed by atoms with E-state index in [0.29, 0.717) is 40.3 Å². The smallest absolute Gasteiger partial charge is 0.256 e. The molecule has 1 saturated heterocycles. The Bertz CT molecular complexity index is 1230. The second-order valence-corrected chi connectivity index (χ2v) is 8.63. The van der Waals surface area contributed by atoms with Crippen LogP contribution in [-0.2, 0) is 6.54 Å². The summed E-state index contributed by atoms with van der Waals surface area (Å²) in [7, 11) is 3.43. The van der Waals surface area contributed by atoms with Crippen molar-refractivity contribution in [3.05, 3.63) is 58.7 Å². The van der Waals surface area contributed by atoms with Crippen LogP contribution < -0.4 is 25.6 Å². The van der Waals surface area contributed by atoms with E-state index in [4.69, 9.17) is 16.3 Å². The molecule has 1 amide bonds. The Labute approximate surface area is 203 Å². The van der Waals surface area contributed by atoms with Crippen molar-refractivity contribution >= 4 is 46.3 Å². The Balaban J connectivity index is 1.47. The Morgan fingerprint density at radius 2 is 1.88 bits per heavy atom. The number of hydrogen-bond donors (Lipinski definition) is 3. The van der Waals surface area contributed by atoms with Gasteiger partial charge < -0.3 is 30.5 Å². The quantitative estimate of drug-likeness (QED) is 0.493. The maximum absolute atomic E-state index is 13.1. The molecule has 0 bridgehead atoms. The van der Waals surface area contributed by atoms with E-state index >= 15 is 0 Å². The minimum Gasteiger partial charge on any atom is -0.495 e. The van der Waals surface area contributed by atoms with Gasteiger partial charge in [0.1, 0.15) is 10.8 Å². The number of rotatable bonds is 6. The van der Waals surface area contributed by atoms with Crippen LogP contribution in [0.25, 0.3) is 0 Å². The van der Waals surface area contributed by atoms with Gasteiger partial charge in [0.15, 0.2) is 5.82 Å². The minimum atomic E-state index is -0.0213. The number of carbonyl (C=O) groups excluding carboxylic acids is 1. The number of para-hydroxylation sites is 2. The third-order valence-corrected chi connectivity index (χ3v) is 6.33. The normalized spacial score (nSPS) is 15.3. The van der Waals surface area contributed by atoms with Crippen LogP contribution in [0.1, 0.15) is 15.9 Å². The topological polar surface area (TPSA) is 94.7 Å². The van der Waals surface area contributed by atoms with Crippen LogP contribution in [0.5, 0.6) is 5.75 Å². The average molecular weight is 480 g/mol. The number of piperazine rings is 1. The summed E-state index contributed by atoms with van der Waals surface area (Å²) >= 11 is 6.43. The van der Waals surface area contributed by atoms with Crippen molar-refractivity contribution in [2.75, 3.05) is 55.9 Å². The summed E-state index contributed by atoms with van der Waals surface area (Å²) in [4.78, 5) is 26.0. The number of anilines is 5. The fourth-order valence-electron chi connectivity index (χ4n) is 4.36. The predicted octanol–water partition coefficient (Wildman–Crippen LogP) is 3.62. The van der Waals surface area contributed by atoms with Gasteiger partial charge in [-0.1, -0.05) is 23.7 Å². The number of halogens is 1. The zero-order valence-corrected chi connectivity index (χ0v) is 19.8. The molecule has 0 spiro atoms. The molecule has 0 saturated carbocycles. The molecule has 3 heterocycles. The maximum atomic E-state index is 13.1. The minimum absolute atomic E-state index is 0.0213. The highest BCUT2D eigenvalue weighted by atomic mass is 35.5. The second-order valence-electron chi connectivity index (χ2n) is 8.22. The molecule has 3 N–H and O–H groups in total. The summed E-state index contributed by atoms with van der Waals surface area (Å²) in [5.74, 6) is 1.42. The van der Waals surface area contributed by atoms with Crippen LogP contribution in [0.2, 0.25) is 5.02 Å². The Morgan fingerprint density at radius 1 is 1.09 bits per heavy atom. The molecule has 0 atom stereocenters. The van der Waals surface area contributed by atoms with Crippen LogP contribution in [0.4, 0.5) is 28.8 Å².